The number of unbranched alkanes of at least 4 members (excludes halogenated alkanes) is 6. The predicted octanol–water partition coefficient (Wildman–Crippen LogP) is 2.77. The maximum Gasteiger partial charge on any atom is 0.220 e. The Morgan fingerprint density at radius 1 is 1.16 bits per heavy atom. The maximum absolute atomic E-state index is 11.7. The van der Waals surface area contributed by atoms with E-state index in [-0.39, 0.29) is 11.7 Å². The van der Waals surface area contributed by atoms with Crippen LogP contribution in [0, 0.1) is 0 Å². The van der Waals surface area contributed by atoms with Crippen LogP contribution in [-0.2, 0) is 4.79 Å². The van der Waals surface area contributed by atoms with Crippen LogP contribution in [0.1, 0.15) is 72.1 Å². The van der Waals surface area contributed by atoms with Gasteiger partial charge in [-0.1, -0.05) is 50.6 Å². The van der Waals surface area contributed by atoms with Crippen molar-refractivity contribution in [1.29, 1.82) is 0 Å². The lowest BCUT2D eigenvalue weighted by Gasteiger charge is -2.24. The van der Waals surface area contributed by atoms with Crippen LogP contribution in [0.5, 0.6) is 0 Å². The Balaban J connectivity index is 3.71. The third-order valence-corrected chi connectivity index (χ3v) is 3.21. The van der Waals surface area contributed by atoms with Crippen molar-refractivity contribution < 1.29 is 10.0 Å². The van der Waals surface area contributed by atoms with Crippen LogP contribution in [0.15, 0.2) is 5.16 Å². The zero-order valence-corrected chi connectivity index (χ0v) is 12.5. The highest BCUT2D eigenvalue weighted by molar-refractivity contribution is 5.93. The number of rotatable bonds is 10. The smallest absolute Gasteiger partial charge is 0.220 e. The minimum Gasteiger partial charge on any atom is -0.409 e. The number of nitrogens with two attached hydrogens (primary N) is 1. The van der Waals surface area contributed by atoms with E-state index in [1.54, 1.807) is 13.8 Å². The molecular formula is C14H29N3O2. The first-order valence-corrected chi connectivity index (χ1v) is 7.23. The molecule has 5 heteroatoms. The summed E-state index contributed by atoms with van der Waals surface area (Å²) in [7, 11) is 0. The molecule has 112 valence electrons. The standard InChI is InChI=1S/C14H29N3O2/c1-4-5-6-7-8-9-10-11-12(18)16-14(2,3)13(15)17-19/h19H,4-11H2,1-3H3,(H2,15,17)(H,16,18). The summed E-state index contributed by atoms with van der Waals surface area (Å²) in [5, 5.41) is 14.3. The van der Waals surface area contributed by atoms with Crippen LogP contribution in [-0.4, -0.2) is 22.5 Å². The predicted molar refractivity (Wildman–Crippen MR) is 78.2 cm³/mol. The largest absolute Gasteiger partial charge is 0.409 e. The monoisotopic (exact) mass is 271 g/mol. The van der Waals surface area contributed by atoms with E-state index >= 15 is 0 Å². The Hall–Kier alpha value is -1.26. The number of carbonyl (C=O) groups excluding carboxylic acids is 1. The minimum absolute atomic E-state index is 0.0143. The highest BCUT2D eigenvalue weighted by Crippen LogP contribution is 2.09. The molecule has 0 aliphatic carbocycles. The van der Waals surface area contributed by atoms with Gasteiger partial charge in [0.05, 0.1) is 5.54 Å². The molecule has 0 rings (SSSR count). The highest BCUT2D eigenvalue weighted by atomic mass is 16.4. The van der Waals surface area contributed by atoms with Gasteiger partial charge in [-0.05, 0) is 20.3 Å². The first-order valence-electron chi connectivity index (χ1n) is 7.23. The van der Waals surface area contributed by atoms with E-state index in [4.69, 9.17) is 10.9 Å². The lowest BCUT2D eigenvalue weighted by molar-refractivity contribution is -0.122. The average molecular weight is 271 g/mol. The normalized spacial score (nSPS) is 12.5. The van der Waals surface area contributed by atoms with Gasteiger partial charge in [0, 0.05) is 6.42 Å². The molecule has 0 bridgehead atoms. The van der Waals surface area contributed by atoms with E-state index in [0.717, 1.165) is 12.8 Å². The minimum atomic E-state index is -0.799. The summed E-state index contributed by atoms with van der Waals surface area (Å²) in [4.78, 5) is 11.7. The molecule has 0 radical (unpaired) electrons. The molecule has 0 saturated carbocycles. The second kappa shape index (κ2) is 9.64. The Labute approximate surface area is 116 Å². The fourth-order valence-corrected chi connectivity index (χ4v) is 1.84. The van der Waals surface area contributed by atoms with Crippen LogP contribution in [0.3, 0.4) is 0 Å². The lowest BCUT2D eigenvalue weighted by atomic mass is 10.0. The second-order valence-electron chi connectivity index (χ2n) is 5.53. The molecule has 19 heavy (non-hydrogen) atoms. The first kappa shape index (κ1) is 17.7. The van der Waals surface area contributed by atoms with E-state index in [9.17, 15) is 4.79 Å². The average Bonchev–Trinajstić information content (AvgIpc) is 2.36. The number of carbonyl (C=O) groups is 1. The van der Waals surface area contributed by atoms with Crippen LogP contribution in [0.4, 0.5) is 0 Å². The molecular weight excluding hydrogens is 242 g/mol. The molecule has 4 N–H and O–H groups in total. The van der Waals surface area contributed by atoms with Crippen molar-refractivity contribution in [3.63, 3.8) is 0 Å². The molecule has 0 unspecified atom stereocenters. The summed E-state index contributed by atoms with van der Waals surface area (Å²) >= 11 is 0. The van der Waals surface area contributed by atoms with Crippen LogP contribution >= 0.6 is 0 Å². The summed E-state index contributed by atoms with van der Waals surface area (Å²) < 4.78 is 0. The SMILES string of the molecule is CCCCCCCCCC(=O)NC(C)(C)C(N)=NO. The Bertz CT molecular complexity index is 288. The van der Waals surface area contributed by atoms with Crippen molar-refractivity contribution in [1.82, 2.24) is 5.32 Å². The van der Waals surface area contributed by atoms with Crippen molar-refractivity contribution in [2.24, 2.45) is 10.9 Å². The quantitative estimate of drug-likeness (QED) is 0.188. The Morgan fingerprint density at radius 2 is 1.68 bits per heavy atom. The summed E-state index contributed by atoms with van der Waals surface area (Å²) in [5.74, 6) is -0.0365. The van der Waals surface area contributed by atoms with E-state index in [0.29, 0.717) is 6.42 Å². The third-order valence-electron chi connectivity index (χ3n) is 3.21. The lowest BCUT2D eigenvalue weighted by Crippen LogP contribution is -2.53. The maximum atomic E-state index is 11.7. The zero-order valence-electron chi connectivity index (χ0n) is 12.5. The van der Waals surface area contributed by atoms with Gasteiger partial charge in [-0.2, -0.15) is 0 Å². The molecule has 5 nitrogen and oxygen atoms in total. The summed E-state index contributed by atoms with van der Waals surface area (Å²) in [6.45, 7) is 5.63. The van der Waals surface area contributed by atoms with Crippen LogP contribution in [0.25, 0.3) is 0 Å². The van der Waals surface area contributed by atoms with Gasteiger partial charge in [-0.3, -0.25) is 4.79 Å². The van der Waals surface area contributed by atoms with Crippen molar-refractivity contribution in [2.45, 2.75) is 77.7 Å². The number of hydrogen-bond donors (Lipinski definition) is 3. The first-order chi connectivity index (χ1) is 8.94. The Kier molecular flexibility index (Phi) is 9.00. The number of nitrogens with zero attached hydrogens (tertiary/aromatic N) is 1. The fourth-order valence-electron chi connectivity index (χ4n) is 1.84. The fraction of sp³-hybridized carbons (Fsp3) is 0.857. The molecule has 0 spiro atoms. The second-order valence-corrected chi connectivity index (χ2v) is 5.53. The van der Waals surface area contributed by atoms with Crippen LogP contribution in [0.2, 0.25) is 0 Å². The van der Waals surface area contributed by atoms with Gasteiger partial charge < -0.3 is 16.3 Å². The molecule has 1 amide bonds. The number of oxime groups is 1. The van der Waals surface area contributed by atoms with Gasteiger partial charge in [0.25, 0.3) is 0 Å². The molecule has 0 saturated heterocycles. The molecule has 0 aromatic heterocycles. The van der Waals surface area contributed by atoms with E-state index in [1.165, 1.54) is 32.1 Å². The molecule has 0 heterocycles. The van der Waals surface area contributed by atoms with Gasteiger partial charge in [-0.15, -0.1) is 0 Å². The van der Waals surface area contributed by atoms with Crippen molar-refractivity contribution >= 4 is 11.7 Å². The number of amides is 1. The third kappa shape index (κ3) is 8.46. The van der Waals surface area contributed by atoms with E-state index in [1.807, 2.05) is 0 Å². The van der Waals surface area contributed by atoms with Gasteiger partial charge in [0.15, 0.2) is 5.84 Å². The molecule has 0 atom stereocenters. The zero-order chi connectivity index (χ0) is 14.7. The molecule has 0 aromatic carbocycles. The Morgan fingerprint density at radius 3 is 2.21 bits per heavy atom. The highest BCUT2D eigenvalue weighted by Gasteiger charge is 2.25. The summed E-state index contributed by atoms with van der Waals surface area (Å²) in [6, 6.07) is 0. The molecule has 0 fully saturated rings. The summed E-state index contributed by atoms with van der Waals surface area (Å²) in [6.07, 6.45) is 8.77. The molecule has 0 aliphatic rings. The van der Waals surface area contributed by atoms with E-state index < -0.39 is 5.54 Å². The molecule has 0 aliphatic heterocycles. The van der Waals surface area contributed by atoms with Crippen molar-refractivity contribution in [2.75, 3.05) is 0 Å². The van der Waals surface area contributed by atoms with Crippen LogP contribution < -0.4 is 11.1 Å². The summed E-state index contributed by atoms with van der Waals surface area (Å²) in [5.41, 5.74) is 4.71. The van der Waals surface area contributed by atoms with E-state index in [2.05, 4.69) is 17.4 Å². The number of amidine groups is 1. The van der Waals surface area contributed by atoms with Gasteiger partial charge in [0.2, 0.25) is 5.91 Å². The number of nitrogens with one attached hydrogen (secondary N) is 1. The van der Waals surface area contributed by atoms with Crippen molar-refractivity contribution in [3.05, 3.63) is 0 Å². The van der Waals surface area contributed by atoms with Gasteiger partial charge in [0.1, 0.15) is 0 Å². The van der Waals surface area contributed by atoms with Gasteiger partial charge >= 0.3 is 0 Å². The van der Waals surface area contributed by atoms with Crippen molar-refractivity contribution in [3.8, 4) is 0 Å². The molecule has 0 aromatic rings. The van der Waals surface area contributed by atoms with Gasteiger partial charge in [-0.25, -0.2) is 0 Å². The topological polar surface area (TPSA) is 87.7 Å². The number of hydrogen-bond acceptors (Lipinski definition) is 3.